The van der Waals surface area contributed by atoms with Gasteiger partial charge in [0.05, 0.1) is 30.0 Å². The molecule has 0 spiro atoms. The van der Waals surface area contributed by atoms with Crippen LogP contribution in [0.2, 0.25) is 0 Å². The van der Waals surface area contributed by atoms with Crippen molar-refractivity contribution in [1.82, 2.24) is 9.71 Å². The van der Waals surface area contributed by atoms with Crippen molar-refractivity contribution in [2.45, 2.75) is 26.1 Å². The quantitative estimate of drug-likeness (QED) is 0.471. The summed E-state index contributed by atoms with van der Waals surface area (Å²) in [7, 11) is -3.90. The van der Waals surface area contributed by atoms with E-state index in [1.54, 1.807) is 11.6 Å². The van der Waals surface area contributed by atoms with Crippen LogP contribution in [0.5, 0.6) is 0 Å². The summed E-state index contributed by atoms with van der Waals surface area (Å²) in [6, 6.07) is 10.1. The third-order valence-corrected chi connectivity index (χ3v) is 5.28. The molecule has 1 N–H and O–H groups in total. The van der Waals surface area contributed by atoms with Crippen LogP contribution in [-0.4, -0.2) is 25.6 Å². The summed E-state index contributed by atoms with van der Waals surface area (Å²) in [4.78, 5) is 17.9. The number of rotatable bonds is 7. The molecule has 0 unspecified atom stereocenters. The number of alkyl halides is 3. The van der Waals surface area contributed by atoms with E-state index in [0.29, 0.717) is 17.3 Å². The van der Waals surface area contributed by atoms with Crippen LogP contribution in [0, 0.1) is 17.1 Å². The first-order valence-electron chi connectivity index (χ1n) is 9.97. The highest BCUT2D eigenvalue weighted by Crippen LogP contribution is 2.33. The molecule has 35 heavy (non-hydrogen) atoms. The summed E-state index contributed by atoms with van der Waals surface area (Å²) in [5.41, 5.74) is -0.911. The number of benzene rings is 2. The van der Waals surface area contributed by atoms with Gasteiger partial charge in [0.15, 0.2) is 5.69 Å². The van der Waals surface area contributed by atoms with Crippen LogP contribution >= 0.6 is 0 Å². The number of anilines is 2. The number of nitrogens with zero attached hydrogens (tertiary/aromatic N) is 3. The van der Waals surface area contributed by atoms with Crippen molar-refractivity contribution in [3.8, 4) is 6.07 Å². The standard InChI is InChI=1S/C22H18F4N4O4S/c1-3-18-19(20(31)29-35(2,32)33)28-21(34-18)30(15-7-4-13(11-27)5-8-15)12-14-6-9-16(17(23)10-14)22(24,25)26/h4-10H,3,12H2,1-2H3,(H,29,31). The van der Waals surface area contributed by atoms with E-state index in [4.69, 9.17) is 9.68 Å². The molecule has 0 saturated heterocycles. The number of aryl methyl sites for hydroxylation is 1. The molecule has 184 valence electrons. The molecule has 0 saturated carbocycles. The largest absolute Gasteiger partial charge is 0.428 e. The zero-order valence-corrected chi connectivity index (χ0v) is 19.2. The lowest BCUT2D eigenvalue weighted by molar-refractivity contribution is -0.140. The molecule has 1 amide bonds. The Morgan fingerprint density at radius 3 is 2.37 bits per heavy atom. The molecule has 1 heterocycles. The van der Waals surface area contributed by atoms with Gasteiger partial charge in [-0.3, -0.25) is 9.69 Å². The monoisotopic (exact) mass is 510 g/mol. The van der Waals surface area contributed by atoms with Crippen molar-refractivity contribution in [3.63, 3.8) is 0 Å². The summed E-state index contributed by atoms with van der Waals surface area (Å²) >= 11 is 0. The van der Waals surface area contributed by atoms with Crippen LogP contribution in [0.15, 0.2) is 46.9 Å². The van der Waals surface area contributed by atoms with E-state index < -0.39 is 33.5 Å². The molecule has 0 bridgehead atoms. The molecule has 3 rings (SSSR count). The van der Waals surface area contributed by atoms with Crippen LogP contribution in [-0.2, 0) is 29.2 Å². The lowest BCUT2D eigenvalue weighted by atomic mass is 10.1. The highest BCUT2D eigenvalue weighted by atomic mass is 32.2. The number of amides is 1. The number of sulfonamides is 1. The highest BCUT2D eigenvalue weighted by molar-refractivity contribution is 7.89. The first-order valence-corrected chi connectivity index (χ1v) is 11.9. The number of oxazole rings is 1. The maximum Gasteiger partial charge on any atom is 0.419 e. The molecule has 0 aliphatic heterocycles. The number of nitrogens with one attached hydrogen (secondary N) is 1. The van der Waals surface area contributed by atoms with Gasteiger partial charge in [-0.05, 0) is 42.0 Å². The first-order chi connectivity index (χ1) is 16.3. The Morgan fingerprint density at radius 2 is 1.86 bits per heavy atom. The molecule has 13 heteroatoms. The molecule has 0 fully saturated rings. The van der Waals surface area contributed by atoms with Crippen molar-refractivity contribution < 1.29 is 35.2 Å². The SMILES string of the molecule is CCc1oc(N(Cc2ccc(C(F)(F)F)c(F)c2)c2ccc(C#N)cc2)nc1C(=O)NS(C)(=O)=O. The van der Waals surface area contributed by atoms with Crippen molar-refractivity contribution in [2.75, 3.05) is 11.2 Å². The maximum absolute atomic E-state index is 14.2. The Balaban J connectivity index is 2.07. The number of carbonyl (C=O) groups is 1. The Hall–Kier alpha value is -3.92. The van der Waals surface area contributed by atoms with Crippen molar-refractivity contribution >= 4 is 27.6 Å². The van der Waals surface area contributed by atoms with Gasteiger partial charge in [0.1, 0.15) is 11.6 Å². The van der Waals surface area contributed by atoms with E-state index in [0.717, 1.165) is 18.4 Å². The molecule has 0 aliphatic rings. The fourth-order valence-electron chi connectivity index (χ4n) is 3.14. The summed E-state index contributed by atoms with van der Waals surface area (Å²) in [5, 5.41) is 9.05. The van der Waals surface area contributed by atoms with Gasteiger partial charge >= 0.3 is 12.2 Å². The van der Waals surface area contributed by atoms with Crippen molar-refractivity contribution in [1.29, 1.82) is 5.26 Å². The summed E-state index contributed by atoms with van der Waals surface area (Å²) in [5.74, 6) is -2.44. The Morgan fingerprint density at radius 1 is 1.20 bits per heavy atom. The predicted molar refractivity (Wildman–Crippen MR) is 117 cm³/mol. The average molecular weight is 510 g/mol. The molecular formula is C22H18F4N4O4S. The number of nitriles is 1. The van der Waals surface area contributed by atoms with E-state index in [2.05, 4.69) is 4.98 Å². The second-order valence-corrected chi connectivity index (χ2v) is 9.13. The van der Waals surface area contributed by atoms with Crippen LogP contribution in [0.3, 0.4) is 0 Å². The zero-order chi connectivity index (χ0) is 26.0. The van der Waals surface area contributed by atoms with Gasteiger partial charge < -0.3 is 4.42 Å². The molecular weight excluding hydrogens is 492 g/mol. The second-order valence-electron chi connectivity index (χ2n) is 7.38. The average Bonchev–Trinajstić information content (AvgIpc) is 3.20. The van der Waals surface area contributed by atoms with Gasteiger partial charge in [0.2, 0.25) is 10.0 Å². The van der Waals surface area contributed by atoms with E-state index in [1.165, 1.54) is 29.2 Å². The highest BCUT2D eigenvalue weighted by Gasteiger charge is 2.34. The Kier molecular flexibility index (Phi) is 7.16. The molecule has 0 atom stereocenters. The van der Waals surface area contributed by atoms with Gasteiger partial charge in [0, 0.05) is 12.1 Å². The minimum absolute atomic E-state index is 0.0541. The van der Waals surface area contributed by atoms with Gasteiger partial charge in [0.25, 0.3) is 5.91 Å². The van der Waals surface area contributed by atoms with Crippen LogP contribution in [0.1, 0.15) is 39.9 Å². The summed E-state index contributed by atoms with van der Waals surface area (Å²) < 4.78 is 83.4. The van der Waals surface area contributed by atoms with E-state index in [1.807, 2.05) is 6.07 Å². The number of hydrogen-bond acceptors (Lipinski definition) is 7. The molecule has 3 aromatic rings. The molecule has 0 radical (unpaired) electrons. The minimum atomic E-state index is -4.87. The third kappa shape index (κ3) is 6.15. The molecule has 1 aromatic heterocycles. The lowest BCUT2D eigenvalue weighted by Crippen LogP contribution is -2.30. The maximum atomic E-state index is 14.2. The number of hydrogen-bond donors (Lipinski definition) is 1. The smallest absolute Gasteiger partial charge is 0.419 e. The van der Waals surface area contributed by atoms with Crippen LogP contribution in [0.4, 0.5) is 29.3 Å². The van der Waals surface area contributed by atoms with Gasteiger partial charge in [-0.2, -0.15) is 23.4 Å². The van der Waals surface area contributed by atoms with E-state index in [-0.39, 0.29) is 36.0 Å². The fourth-order valence-corrected chi connectivity index (χ4v) is 3.58. The van der Waals surface area contributed by atoms with Crippen molar-refractivity contribution in [3.05, 3.63) is 76.4 Å². The van der Waals surface area contributed by atoms with E-state index >= 15 is 0 Å². The Labute approximate surface area is 197 Å². The minimum Gasteiger partial charge on any atom is -0.428 e. The lowest BCUT2D eigenvalue weighted by Gasteiger charge is -2.21. The van der Waals surface area contributed by atoms with Gasteiger partial charge in [-0.1, -0.05) is 13.0 Å². The van der Waals surface area contributed by atoms with Crippen molar-refractivity contribution in [2.24, 2.45) is 0 Å². The predicted octanol–water partition coefficient (Wildman–Crippen LogP) is 4.29. The van der Waals surface area contributed by atoms with E-state index in [9.17, 15) is 30.8 Å². The van der Waals surface area contributed by atoms with Crippen LogP contribution in [0.25, 0.3) is 0 Å². The summed E-state index contributed by atoms with van der Waals surface area (Å²) in [6.07, 6.45) is -3.91. The first kappa shape index (κ1) is 25.7. The number of halogens is 4. The number of aromatic nitrogens is 1. The second kappa shape index (κ2) is 9.75. The van der Waals surface area contributed by atoms with Crippen LogP contribution < -0.4 is 9.62 Å². The van der Waals surface area contributed by atoms with Gasteiger partial charge in [-0.25, -0.2) is 17.5 Å². The Bertz CT molecular complexity index is 1390. The summed E-state index contributed by atoms with van der Waals surface area (Å²) in [6.45, 7) is 1.41. The zero-order valence-electron chi connectivity index (χ0n) is 18.4. The van der Waals surface area contributed by atoms with Gasteiger partial charge in [-0.15, -0.1) is 0 Å². The molecule has 0 aliphatic carbocycles. The molecule has 8 nitrogen and oxygen atoms in total. The molecule has 2 aromatic carbocycles. The number of carbonyl (C=O) groups excluding carboxylic acids is 1. The fraction of sp³-hybridized carbons (Fsp3) is 0.227. The topological polar surface area (TPSA) is 116 Å². The third-order valence-electron chi connectivity index (χ3n) is 4.72. The normalized spacial score (nSPS) is 11.7.